The van der Waals surface area contributed by atoms with E-state index in [0.717, 1.165) is 4.47 Å². The molecule has 6 heteroatoms. The number of aromatic nitrogens is 1. The summed E-state index contributed by atoms with van der Waals surface area (Å²) in [6.45, 7) is 5.97. The molecule has 1 aromatic heterocycles. The first-order valence-electron chi connectivity index (χ1n) is 6.21. The molecule has 106 valence electrons. The lowest BCUT2D eigenvalue weighted by Gasteiger charge is -2.13. The van der Waals surface area contributed by atoms with Gasteiger partial charge in [-0.15, -0.1) is 0 Å². The summed E-state index contributed by atoms with van der Waals surface area (Å²) < 4.78 is 2.73. The monoisotopic (exact) mass is 330 g/mol. The zero-order valence-electron chi connectivity index (χ0n) is 11.3. The first-order valence-corrected chi connectivity index (χ1v) is 7.00. The molecule has 1 unspecified atom stereocenters. The molecule has 0 spiro atoms. The minimum Gasteiger partial charge on any atom is -0.481 e. The number of halogens is 1. The molecule has 0 radical (unpaired) electrons. The third-order valence-electron chi connectivity index (χ3n) is 2.89. The van der Waals surface area contributed by atoms with Crippen LogP contribution in [-0.2, 0) is 4.79 Å². The van der Waals surface area contributed by atoms with Gasteiger partial charge in [0.15, 0.2) is 0 Å². The van der Waals surface area contributed by atoms with E-state index in [9.17, 15) is 9.59 Å². The van der Waals surface area contributed by atoms with E-state index in [1.807, 2.05) is 24.6 Å². The van der Waals surface area contributed by atoms with Crippen LogP contribution in [0.5, 0.6) is 0 Å². The first-order chi connectivity index (χ1) is 8.82. The summed E-state index contributed by atoms with van der Waals surface area (Å²) in [4.78, 5) is 22.7. The Kier molecular flexibility index (Phi) is 5.60. The van der Waals surface area contributed by atoms with Crippen molar-refractivity contribution in [3.05, 3.63) is 22.4 Å². The Balaban J connectivity index is 2.61. The zero-order chi connectivity index (χ0) is 14.6. The van der Waals surface area contributed by atoms with Crippen molar-refractivity contribution >= 4 is 27.8 Å². The van der Waals surface area contributed by atoms with Crippen molar-refractivity contribution in [2.24, 2.45) is 5.92 Å². The van der Waals surface area contributed by atoms with Gasteiger partial charge in [-0.1, -0.05) is 6.92 Å². The van der Waals surface area contributed by atoms with Gasteiger partial charge in [0.2, 0.25) is 0 Å². The maximum atomic E-state index is 12.0. The number of carboxylic acids is 1. The van der Waals surface area contributed by atoms with Crippen molar-refractivity contribution < 1.29 is 14.7 Å². The zero-order valence-corrected chi connectivity index (χ0v) is 12.9. The molecule has 0 bridgehead atoms. The van der Waals surface area contributed by atoms with Crippen LogP contribution in [0.15, 0.2) is 16.7 Å². The molecule has 0 aliphatic carbocycles. The third kappa shape index (κ3) is 4.38. The van der Waals surface area contributed by atoms with Gasteiger partial charge in [0.25, 0.3) is 5.91 Å². The van der Waals surface area contributed by atoms with Gasteiger partial charge in [0.05, 0.1) is 5.92 Å². The van der Waals surface area contributed by atoms with E-state index in [1.54, 1.807) is 13.0 Å². The normalized spacial score (nSPS) is 12.5. The molecular weight excluding hydrogens is 312 g/mol. The predicted molar refractivity (Wildman–Crippen MR) is 76.3 cm³/mol. The maximum absolute atomic E-state index is 12.0. The highest BCUT2D eigenvalue weighted by Gasteiger charge is 2.16. The van der Waals surface area contributed by atoms with E-state index in [4.69, 9.17) is 5.11 Å². The lowest BCUT2D eigenvalue weighted by Crippen LogP contribution is -2.29. The van der Waals surface area contributed by atoms with Gasteiger partial charge >= 0.3 is 5.97 Å². The summed E-state index contributed by atoms with van der Waals surface area (Å²) >= 11 is 3.35. The topological polar surface area (TPSA) is 71.3 Å². The number of nitrogens with one attached hydrogen (secondary N) is 1. The molecular formula is C13H19BrN2O3. The summed E-state index contributed by atoms with van der Waals surface area (Å²) in [5.41, 5.74) is 0.574. The Morgan fingerprint density at radius 2 is 2.05 bits per heavy atom. The molecule has 0 aliphatic heterocycles. The van der Waals surface area contributed by atoms with Crippen molar-refractivity contribution in [1.82, 2.24) is 9.88 Å². The van der Waals surface area contributed by atoms with Crippen LogP contribution in [0, 0.1) is 5.92 Å². The average Bonchev–Trinajstić information content (AvgIpc) is 2.71. The summed E-state index contributed by atoms with van der Waals surface area (Å²) in [6, 6.07) is 1.95. The molecule has 0 aromatic carbocycles. The molecule has 0 saturated heterocycles. The van der Waals surface area contributed by atoms with Gasteiger partial charge < -0.3 is 15.0 Å². The molecule has 1 atom stereocenters. The van der Waals surface area contributed by atoms with Gasteiger partial charge in [0.1, 0.15) is 5.69 Å². The van der Waals surface area contributed by atoms with Gasteiger partial charge in [-0.2, -0.15) is 0 Å². The highest BCUT2D eigenvalue weighted by atomic mass is 79.9. The van der Waals surface area contributed by atoms with Gasteiger partial charge in [-0.3, -0.25) is 9.59 Å². The van der Waals surface area contributed by atoms with Crippen molar-refractivity contribution in [1.29, 1.82) is 0 Å². The summed E-state index contributed by atoms with van der Waals surface area (Å²) in [6.07, 6.45) is 2.28. The Bertz CT molecular complexity index is 468. The number of hydrogen-bond donors (Lipinski definition) is 2. The predicted octanol–water partition coefficient (Wildman–Crippen LogP) is 2.67. The number of amides is 1. The van der Waals surface area contributed by atoms with E-state index in [-0.39, 0.29) is 11.9 Å². The van der Waals surface area contributed by atoms with Crippen LogP contribution >= 0.6 is 15.9 Å². The fourth-order valence-electron chi connectivity index (χ4n) is 1.67. The van der Waals surface area contributed by atoms with Crippen LogP contribution < -0.4 is 5.32 Å². The SMILES string of the molecule is CC(CCNC(=O)c1cc(Br)cn1C(C)C)C(=O)O. The van der Waals surface area contributed by atoms with E-state index in [1.165, 1.54) is 0 Å². The molecule has 1 heterocycles. The van der Waals surface area contributed by atoms with Crippen LogP contribution in [0.2, 0.25) is 0 Å². The second-order valence-electron chi connectivity index (χ2n) is 4.83. The van der Waals surface area contributed by atoms with Crippen LogP contribution in [0.25, 0.3) is 0 Å². The maximum Gasteiger partial charge on any atom is 0.306 e. The first kappa shape index (κ1) is 15.8. The lowest BCUT2D eigenvalue weighted by atomic mass is 10.1. The van der Waals surface area contributed by atoms with Gasteiger partial charge in [-0.25, -0.2) is 0 Å². The van der Waals surface area contributed by atoms with Crippen LogP contribution in [0.4, 0.5) is 0 Å². The van der Waals surface area contributed by atoms with Crippen molar-refractivity contribution in [3.8, 4) is 0 Å². The second kappa shape index (κ2) is 6.75. The quantitative estimate of drug-likeness (QED) is 0.842. The van der Waals surface area contributed by atoms with Gasteiger partial charge in [0, 0.05) is 23.3 Å². The second-order valence-corrected chi connectivity index (χ2v) is 5.74. The summed E-state index contributed by atoms with van der Waals surface area (Å²) in [5, 5.41) is 11.5. The molecule has 1 aromatic rings. The van der Waals surface area contributed by atoms with E-state index in [2.05, 4.69) is 21.2 Å². The molecule has 0 fully saturated rings. The number of aliphatic carboxylic acids is 1. The van der Waals surface area contributed by atoms with Crippen molar-refractivity contribution in [3.63, 3.8) is 0 Å². The largest absolute Gasteiger partial charge is 0.481 e. The fourth-order valence-corrected chi connectivity index (χ4v) is 2.11. The highest BCUT2D eigenvalue weighted by molar-refractivity contribution is 9.10. The van der Waals surface area contributed by atoms with Gasteiger partial charge in [-0.05, 0) is 42.3 Å². The third-order valence-corrected chi connectivity index (χ3v) is 3.32. The molecule has 1 rings (SSSR count). The fraction of sp³-hybridized carbons (Fsp3) is 0.538. The Labute approximate surface area is 121 Å². The highest BCUT2D eigenvalue weighted by Crippen LogP contribution is 2.19. The van der Waals surface area contributed by atoms with Crippen LogP contribution in [0.3, 0.4) is 0 Å². The minimum atomic E-state index is -0.845. The van der Waals surface area contributed by atoms with Crippen LogP contribution in [-0.4, -0.2) is 28.1 Å². The number of carboxylic acid groups (broad SMARTS) is 1. The number of nitrogens with zero attached hydrogens (tertiary/aromatic N) is 1. The number of carbonyl (C=O) groups is 2. The molecule has 2 N–H and O–H groups in total. The number of carbonyl (C=O) groups excluding carboxylic acids is 1. The smallest absolute Gasteiger partial charge is 0.306 e. The number of rotatable bonds is 6. The molecule has 1 amide bonds. The lowest BCUT2D eigenvalue weighted by molar-refractivity contribution is -0.141. The van der Waals surface area contributed by atoms with Crippen molar-refractivity contribution in [2.45, 2.75) is 33.2 Å². The summed E-state index contributed by atoms with van der Waals surface area (Å²) in [7, 11) is 0. The average molecular weight is 331 g/mol. The standard InChI is InChI=1S/C13H19BrN2O3/c1-8(2)16-7-10(14)6-11(16)12(17)15-5-4-9(3)13(18)19/h6-9H,4-5H2,1-3H3,(H,15,17)(H,18,19). The van der Waals surface area contributed by atoms with E-state index in [0.29, 0.717) is 18.7 Å². The van der Waals surface area contributed by atoms with E-state index >= 15 is 0 Å². The Morgan fingerprint density at radius 1 is 1.42 bits per heavy atom. The molecule has 5 nitrogen and oxygen atoms in total. The van der Waals surface area contributed by atoms with Crippen molar-refractivity contribution in [2.75, 3.05) is 6.54 Å². The Hall–Kier alpha value is -1.30. The molecule has 0 saturated carbocycles. The minimum absolute atomic E-state index is 0.183. The molecule has 0 aliphatic rings. The van der Waals surface area contributed by atoms with E-state index < -0.39 is 11.9 Å². The molecule has 19 heavy (non-hydrogen) atoms. The number of hydrogen-bond acceptors (Lipinski definition) is 2. The summed E-state index contributed by atoms with van der Waals surface area (Å²) in [5.74, 6) is -1.48. The van der Waals surface area contributed by atoms with Crippen LogP contribution in [0.1, 0.15) is 43.7 Å². The Morgan fingerprint density at radius 3 is 2.58 bits per heavy atom.